The number of fused-ring (bicyclic) bond motifs is 2. The van der Waals surface area contributed by atoms with Crippen LogP contribution in [0.3, 0.4) is 0 Å². The quantitative estimate of drug-likeness (QED) is 0.588. The molecule has 0 bridgehead atoms. The van der Waals surface area contributed by atoms with Gasteiger partial charge in [0.2, 0.25) is 0 Å². The number of hydrogen-bond acceptors (Lipinski definition) is 0. The minimum Gasteiger partial charge on any atom is -0.0658 e. The first-order valence-electron chi connectivity index (χ1n) is 5.73. The highest BCUT2D eigenvalue weighted by molar-refractivity contribution is 6.00. The van der Waals surface area contributed by atoms with Crippen molar-refractivity contribution in [3.63, 3.8) is 0 Å². The molecular formula is C15H10. The van der Waals surface area contributed by atoms with Crippen molar-refractivity contribution in [1.29, 1.82) is 0 Å². The SMILES string of the molecule is [2H]C1=C2C=CC=CC23C=C3c2ccccc21. The summed E-state index contributed by atoms with van der Waals surface area (Å²) in [5, 5.41) is 0. The van der Waals surface area contributed by atoms with Crippen LogP contribution in [0.15, 0.2) is 60.2 Å². The van der Waals surface area contributed by atoms with Crippen molar-refractivity contribution in [2.75, 3.05) is 0 Å². The molecular weight excluding hydrogens is 180 g/mol. The first-order chi connectivity index (χ1) is 7.83. The fourth-order valence-corrected chi connectivity index (χ4v) is 2.56. The van der Waals surface area contributed by atoms with Gasteiger partial charge in [0.15, 0.2) is 0 Å². The molecule has 3 aliphatic carbocycles. The predicted molar refractivity (Wildman–Crippen MR) is 63.1 cm³/mol. The van der Waals surface area contributed by atoms with Gasteiger partial charge < -0.3 is 0 Å². The minimum atomic E-state index is -0.0276. The normalized spacial score (nSPS) is 30.1. The molecule has 0 aromatic heterocycles. The smallest absolute Gasteiger partial charge is 0.0633 e. The van der Waals surface area contributed by atoms with E-state index >= 15 is 0 Å². The van der Waals surface area contributed by atoms with Crippen LogP contribution in [0, 0.1) is 5.41 Å². The first-order valence-corrected chi connectivity index (χ1v) is 5.23. The van der Waals surface area contributed by atoms with Crippen LogP contribution in [0.5, 0.6) is 0 Å². The molecule has 0 heterocycles. The van der Waals surface area contributed by atoms with Gasteiger partial charge in [-0.05, 0) is 28.3 Å². The van der Waals surface area contributed by atoms with Crippen molar-refractivity contribution < 1.29 is 1.37 Å². The van der Waals surface area contributed by atoms with E-state index < -0.39 is 0 Å². The van der Waals surface area contributed by atoms with Gasteiger partial charge in [0.05, 0.1) is 6.79 Å². The molecule has 1 unspecified atom stereocenters. The zero-order valence-corrected chi connectivity index (χ0v) is 8.20. The molecule has 1 atom stereocenters. The van der Waals surface area contributed by atoms with E-state index in [-0.39, 0.29) is 5.41 Å². The molecule has 1 aromatic carbocycles. The summed E-state index contributed by atoms with van der Waals surface area (Å²) < 4.78 is 8.29. The van der Waals surface area contributed by atoms with Gasteiger partial charge >= 0.3 is 0 Å². The summed E-state index contributed by atoms with van der Waals surface area (Å²) in [6.07, 6.45) is 10.6. The van der Waals surface area contributed by atoms with Gasteiger partial charge in [-0.1, -0.05) is 54.6 Å². The van der Waals surface area contributed by atoms with E-state index in [0.29, 0.717) is 6.05 Å². The summed E-state index contributed by atoms with van der Waals surface area (Å²) in [4.78, 5) is 0. The fourth-order valence-electron chi connectivity index (χ4n) is 2.56. The lowest BCUT2D eigenvalue weighted by molar-refractivity contribution is 0.908. The molecule has 0 N–H and O–H groups in total. The molecule has 0 heteroatoms. The van der Waals surface area contributed by atoms with Crippen LogP contribution in [0.25, 0.3) is 11.6 Å². The van der Waals surface area contributed by atoms with Crippen LogP contribution in [0.1, 0.15) is 12.5 Å². The molecule has 0 saturated carbocycles. The monoisotopic (exact) mass is 191 g/mol. The molecule has 0 amide bonds. The van der Waals surface area contributed by atoms with E-state index in [9.17, 15) is 0 Å². The van der Waals surface area contributed by atoms with E-state index in [1.54, 1.807) is 0 Å². The lowest BCUT2D eigenvalue weighted by atomic mass is 9.79. The number of benzene rings is 1. The van der Waals surface area contributed by atoms with Gasteiger partial charge in [-0.3, -0.25) is 0 Å². The first kappa shape index (κ1) is 6.62. The average Bonchev–Trinajstić information content (AvgIpc) is 3.04. The highest BCUT2D eigenvalue weighted by atomic mass is 14.5. The molecule has 70 valence electrons. The maximum absolute atomic E-state index is 8.29. The van der Waals surface area contributed by atoms with Gasteiger partial charge in [-0.25, -0.2) is 0 Å². The summed E-state index contributed by atoms with van der Waals surface area (Å²) in [5.74, 6) is 0. The van der Waals surface area contributed by atoms with Gasteiger partial charge in [0.1, 0.15) is 0 Å². The van der Waals surface area contributed by atoms with Crippen molar-refractivity contribution in [3.05, 3.63) is 71.3 Å². The molecule has 0 nitrogen and oxygen atoms in total. The van der Waals surface area contributed by atoms with E-state index in [1.165, 1.54) is 11.1 Å². The zero-order valence-electron chi connectivity index (χ0n) is 9.20. The molecule has 0 aliphatic heterocycles. The number of allylic oxidation sites excluding steroid dienone is 7. The third kappa shape index (κ3) is 0.782. The molecule has 1 aromatic rings. The number of hydrogen-bond donors (Lipinski definition) is 0. The summed E-state index contributed by atoms with van der Waals surface area (Å²) in [5.41, 5.74) is 4.77. The molecule has 0 fully saturated rings. The van der Waals surface area contributed by atoms with Crippen LogP contribution < -0.4 is 0 Å². The topological polar surface area (TPSA) is 0 Å². The summed E-state index contributed by atoms with van der Waals surface area (Å²) in [7, 11) is 0. The second-order valence-corrected chi connectivity index (χ2v) is 4.23. The summed E-state index contributed by atoms with van der Waals surface area (Å²) in [6.45, 7) is 0. The Hall–Kier alpha value is -1.82. The minimum absolute atomic E-state index is 0.0276. The van der Waals surface area contributed by atoms with E-state index in [2.05, 4.69) is 30.4 Å². The Bertz CT molecular complexity index is 629. The molecule has 4 rings (SSSR count). The largest absolute Gasteiger partial charge is 0.0658 e. The lowest BCUT2D eigenvalue weighted by Crippen LogP contribution is -2.10. The average molecular weight is 191 g/mol. The van der Waals surface area contributed by atoms with Crippen LogP contribution in [0.2, 0.25) is 0 Å². The molecule has 0 saturated heterocycles. The molecule has 3 aliphatic rings. The van der Waals surface area contributed by atoms with Gasteiger partial charge in [0.25, 0.3) is 0 Å². The Balaban J connectivity index is 2.08. The highest BCUT2D eigenvalue weighted by Crippen LogP contribution is 2.61. The van der Waals surface area contributed by atoms with Crippen LogP contribution in [-0.2, 0) is 0 Å². The predicted octanol–water partition coefficient (Wildman–Crippen LogP) is 3.59. The van der Waals surface area contributed by atoms with Crippen molar-refractivity contribution in [2.24, 2.45) is 5.41 Å². The third-order valence-electron chi connectivity index (χ3n) is 3.40. The van der Waals surface area contributed by atoms with E-state index in [0.717, 1.165) is 11.1 Å². The molecule has 1 spiro atoms. The molecule has 15 heavy (non-hydrogen) atoms. The highest BCUT2D eigenvalue weighted by Gasteiger charge is 2.47. The Morgan fingerprint density at radius 2 is 2.07 bits per heavy atom. The Labute approximate surface area is 90.3 Å². The van der Waals surface area contributed by atoms with Crippen LogP contribution in [-0.4, -0.2) is 0 Å². The maximum Gasteiger partial charge on any atom is 0.0633 e. The van der Waals surface area contributed by atoms with E-state index in [4.69, 9.17) is 1.37 Å². The summed E-state index contributed by atoms with van der Waals surface area (Å²) >= 11 is 0. The van der Waals surface area contributed by atoms with Crippen molar-refractivity contribution >= 4 is 11.6 Å². The van der Waals surface area contributed by atoms with Gasteiger partial charge in [-0.15, -0.1) is 0 Å². The van der Waals surface area contributed by atoms with E-state index in [1.807, 2.05) is 24.3 Å². The van der Waals surface area contributed by atoms with Crippen LogP contribution >= 0.6 is 0 Å². The second kappa shape index (κ2) is 2.22. The molecule has 0 radical (unpaired) electrons. The third-order valence-corrected chi connectivity index (χ3v) is 3.40. The second-order valence-electron chi connectivity index (χ2n) is 4.23. The fraction of sp³-hybridized carbons (Fsp3) is 0.0667. The Kier molecular flexibility index (Phi) is 0.981. The van der Waals surface area contributed by atoms with Crippen molar-refractivity contribution in [1.82, 2.24) is 0 Å². The van der Waals surface area contributed by atoms with Crippen molar-refractivity contribution in [3.8, 4) is 0 Å². The maximum atomic E-state index is 8.29. The van der Waals surface area contributed by atoms with Crippen LogP contribution in [0.4, 0.5) is 0 Å². The van der Waals surface area contributed by atoms with Crippen molar-refractivity contribution in [2.45, 2.75) is 0 Å². The zero-order chi connectivity index (χ0) is 10.8. The lowest BCUT2D eigenvalue weighted by Gasteiger charge is -2.24. The number of rotatable bonds is 0. The van der Waals surface area contributed by atoms with Gasteiger partial charge in [-0.2, -0.15) is 0 Å². The Morgan fingerprint density at radius 1 is 1.13 bits per heavy atom. The standard InChI is InChI=1S/C15H10/c1-2-7-13-11(5-1)9-12-6-3-4-8-15(12)10-14(13)15/h1-10H/i9D. The summed E-state index contributed by atoms with van der Waals surface area (Å²) in [6, 6.07) is 8.89. The Morgan fingerprint density at radius 3 is 3.07 bits per heavy atom. The van der Waals surface area contributed by atoms with Gasteiger partial charge in [0, 0.05) is 0 Å².